The molecule has 1 saturated carbocycles. The first-order chi connectivity index (χ1) is 7.38. The summed E-state index contributed by atoms with van der Waals surface area (Å²) in [4.78, 5) is 4.13. The average Bonchev–Trinajstić information content (AvgIpc) is 2.80. The lowest BCUT2D eigenvalue weighted by molar-refractivity contribution is 0.278. The SMILES string of the molecule is CCC1CCC(CNc2ncns2)CC1. The number of nitrogens with zero attached hydrogens (tertiary/aromatic N) is 2. The van der Waals surface area contributed by atoms with Gasteiger partial charge in [0.2, 0.25) is 5.13 Å². The summed E-state index contributed by atoms with van der Waals surface area (Å²) in [6, 6.07) is 0. The molecule has 0 atom stereocenters. The Kier molecular flexibility index (Phi) is 3.94. The summed E-state index contributed by atoms with van der Waals surface area (Å²) >= 11 is 1.44. The van der Waals surface area contributed by atoms with Crippen LogP contribution in [-0.2, 0) is 0 Å². The predicted octanol–water partition coefficient (Wildman–Crippen LogP) is 3.17. The third-order valence-electron chi connectivity index (χ3n) is 3.45. The fraction of sp³-hybridized carbons (Fsp3) is 0.818. The van der Waals surface area contributed by atoms with Crippen LogP contribution in [0, 0.1) is 11.8 Å². The van der Waals surface area contributed by atoms with Gasteiger partial charge in [-0.2, -0.15) is 4.37 Å². The third kappa shape index (κ3) is 3.16. The minimum atomic E-state index is 0.844. The number of aromatic nitrogens is 2. The molecule has 0 unspecified atom stereocenters. The molecule has 1 aromatic heterocycles. The minimum Gasteiger partial charge on any atom is -0.360 e. The van der Waals surface area contributed by atoms with E-state index in [9.17, 15) is 0 Å². The summed E-state index contributed by atoms with van der Waals surface area (Å²) in [7, 11) is 0. The second kappa shape index (κ2) is 5.45. The number of nitrogens with one attached hydrogen (secondary N) is 1. The molecule has 0 spiro atoms. The molecule has 0 amide bonds. The molecule has 1 aliphatic rings. The van der Waals surface area contributed by atoms with Crippen LogP contribution in [0.25, 0.3) is 0 Å². The molecular weight excluding hydrogens is 206 g/mol. The van der Waals surface area contributed by atoms with E-state index in [0.717, 1.165) is 23.5 Å². The maximum atomic E-state index is 4.13. The van der Waals surface area contributed by atoms with Crippen LogP contribution in [0.1, 0.15) is 39.0 Å². The molecule has 0 bridgehead atoms. The Morgan fingerprint density at radius 3 is 2.67 bits per heavy atom. The van der Waals surface area contributed by atoms with Crippen molar-refractivity contribution in [2.75, 3.05) is 11.9 Å². The third-order valence-corrected chi connectivity index (χ3v) is 4.07. The molecule has 1 heterocycles. The van der Waals surface area contributed by atoms with Crippen molar-refractivity contribution in [3.63, 3.8) is 0 Å². The van der Waals surface area contributed by atoms with Gasteiger partial charge in [-0.1, -0.05) is 26.2 Å². The van der Waals surface area contributed by atoms with E-state index in [4.69, 9.17) is 0 Å². The molecule has 0 aromatic carbocycles. The average molecular weight is 225 g/mol. The maximum Gasteiger partial charge on any atom is 0.202 e. The molecule has 84 valence electrons. The smallest absolute Gasteiger partial charge is 0.202 e. The Hall–Kier alpha value is -0.640. The first-order valence-electron chi connectivity index (χ1n) is 5.89. The minimum absolute atomic E-state index is 0.844. The van der Waals surface area contributed by atoms with Crippen LogP contribution in [0.2, 0.25) is 0 Å². The second-order valence-corrected chi connectivity index (χ2v) is 5.20. The van der Waals surface area contributed by atoms with E-state index in [1.165, 1.54) is 43.6 Å². The van der Waals surface area contributed by atoms with E-state index in [2.05, 4.69) is 21.6 Å². The highest BCUT2D eigenvalue weighted by Gasteiger charge is 2.19. The lowest BCUT2D eigenvalue weighted by Crippen LogP contribution is -2.20. The van der Waals surface area contributed by atoms with E-state index in [1.807, 2.05) is 0 Å². The highest BCUT2D eigenvalue weighted by molar-refractivity contribution is 7.09. The molecule has 1 aromatic rings. The van der Waals surface area contributed by atoms with E-state index >= 15 is 0 Å². The molecule has 0 radical (unpaired) electrons. The summed E-state index contributed by atoms with van der Waals surface area (Å²) in [5, 5.41) is 4.34. The summed E-state index contributed by atoms with van der Waals surface area (Å²) in [6.07, 6.45) is 8.56. The molecular formula is C11H19N3S. The van der Waals surface area contributed by atoms with Gasteiger partial charge >= 0.3 is 0 Å². The topological polar surface area (TPSA) is 37.8 Å². The number of hydrogen-bond acceptors (Lipinski definition) is 4. The van der Waals surface area contributed by atoms with Crippen LogP contribution in [-0.4, -0.2) is 15.9 Å². The number of rotatable bonds is 4. The fourth-order valence-corrected chi connectivity index (χ4v) is 2.76. The van der Waals surface area contributed by atoms with E-state index in [0.29, 0.717) is 0 Å². The molecule has 1 aliphatic carbocycles. The van der Waals surface area contributed by atoms with Gasteiger partial charge in [-0.15, -0.1) is 0 Å². The van der Waals surface area contributed by atoms with E-state index in [-0.39, 0.29) is 0 Å². The highest BCUT2D eigenvalue weighted by atomic mass is 32.1. The first kappa shape index (κ1) is 10.9. The highest BCUT2D eigenvalue weighted by Crippen LogP contribution is 2.30. The van der Waals surface area contributed by atoms with Gasteiger partial charge in [0.1, 0.15) is 6.33 Å². The van der Waals surface area contributed by atoms with Crippen molar-refractivity contribution >= 4 is 16.7 Å². The Bertz CT molecular complexity index is 265. The second-order valence-electron chi connectivity index (χ2n) is 4.42. The molecule has 1 N–H and O–H groups in total. The fourth-order valence-electron chi connectivity index (χ4n) is 2.33. The molecule has 0 aliphatic heterocycles. The van der Waals surface area contributed by atoms with Gasteiger partial charge < -0.3 is 5.32 Å². The van der Waals surface area contributed by atoms with Crippen molar-refractivity contribution in [1.29, 1.82) is 0 Å². The molecule has 3 nitrogen and oxygen atoms in total. The monoisotopic (exact) mass is 225 g/mol. The summed E-state index contributed by atoms with van der Waals surface area (Å²) in [6.45, 7) is 3.39. The van der Waals surface area contributed by atoms with E-state index < -0.39 is 0 Å². The lowest BCUT2D eigenvalue weighted by atomic mass is 9.81. The van der Waals surface area contributed by atoms with Crippen LogP contribution >= 0.6 is 11.5 Å². The van der Waals surface area contributed by atoms with Gasteiger partial charge in [-0.25, -0.2) is 4.98 Å². The number of anilines is 1. The van der Waals surface area contributed by atoms with Crippen molar-refractivity contribution in [2.24, 2.45) is 11.8 Å². The summed E-state index contributed by atoms with van der Waals surface area (Å²) in [5.41, 5.74) is 0. The molecule has 15 heavy (non-hydrogen) atoms. The van der Waals surface area contributed by atoms with Crippen molar-refractivity contribution in [1.82, 2.24) is 9.36 Å². The summed E-state index contributed by atoms with van der Waals surface area (Å²) in [5.74, 6) is 1.83. The zero-order valence-electron chi connectivity index (χ0n) is 9.28. The molecule has 1 fully saturated rings. The van der Waals surface area contributed by atoms with Gasteiger partial charge in [0, 0.05) is 18.1 Å². The van der Waals surface area contributed by atoms with Crippen LogP contribution in [0.3, 0.4) is 0 Å². The van der Waals surface area contributed by atoms with Crippen molar-refractivity contribution in [2.45, 2.75) is 39.0 Å². The van der Waals surface area contributed by atoms with Crippen molar-refractivity contribution in [3.05, 3.63) is 6.33 Å². The lowest BCUT2D eigenvalue weighted by Gasteiger charge is -2.27. The largest absolute Gasteiger partial charge is 0.360 e. The van der Waals surface area contributed by atoms with Crippen molar-refractivity contribution in [3.8, 4) is 0 Å². The van der Waals surface area contributed by atoms with E-state index in [1.54, 1.807) is 6.33 Å². The van der Waals surface area contributed by atoms with Crippen LogP contribution in [0.4, 0.5) is 5.13 Å². The normalized spacial score (nSPS) is 26.5. The Labute approximate surface area is 95.5 Å². The van der Waals surface area contributed by atoms with Crippen LogP contribution < -0.4 is 5.32 Å². The zero-order valence-corrected chi connectivity index (χ0v) is 10.1. The standard InChI is InChI=1S/C11H19N3S/c1-2-9-3-5-10(6-4-9)7-12-11-13-8-14-15-11/h8-10H,2-7H2,1H3,(H,12,13,14). The summed E-state index contributed by atoms with van der Waals surface area (Å²) < 4.78 is 3.98. The van der Waals surface area contributed by atoms with Crippen LogP contribution in [0.5, 0.6) is 0 Å². The Morgan fingerprint density at radius 2 is 2.07 bits per heavy atom. The number of hydrogen-bond donors (Lipinski definition) is 1. The predicted molar refractivity (Wildman–Crippen MR) is 64.1 cm³/mol. The quantitative estimate of drug-likeness (QED) is 0.855. The molecule has 0 saturated heterocycles. The first-order valence-corrected chi connectivity index (χ1v) is 6.66. The van der Waals surface area contributed by atoms with Gasteiger partial charge in [-0.05, 0) is 24.7 Å². The zero-order chi connectivity index (χ0) is 10.5. The van der Waals surface area contributed by atoms with Gasteiger partial charge in [0.05, 0.1) is 0 Å². The van der Waals surface area contributed by atoms with Crippen LogP contribution in [0.15, 0.2) is 6.33 Å². The Morgan fingerprint density at radius 1 is 1.33 bits per heavy atom. The van der Waals surface area contributed by atoms with Crippen molar-refractivity contribution < 1.29 is 0 Å². The van der Waals surface area contributed by atoms with Gasteiger partial charge in [0.25, 0.3) is 0 Å². The molecule has 2 rings (SSSR count). The van der Waals surface area contributed by atoms with Gasteiger partial charge in [-0.3, -0.25) is 0 Å². The molecule has 4 heteroatoms. The maximum absolute atomic E-state index is 4.13. The Balaban J connectivity index is 1.69. The van der Waals surface area contributed by atoms with Gasteiger partial charge in [0.15, 0.2) is 0 Å².